The molecule has 2 atom stereocenters. The first-order chi connectivity index (χ1) is 10.2. The minimum absolute atomic E-state index is 0.0223. The van der Waals surface area contributed by atoms with E-state index in [2.05, 4.69) is 29.5 Å². The fraction of sp³-hybridized carbons (Fsp3) is 0.625. The first kappa shape index (κ1) is 18.9. The molecule has 1 heterocycles. The monoisotopic (exact) mass is 327 g/mol. The minimum atomic E-state index is -0.330. The van der Waals surface area contributed by atoms with Crippen LogP contribution >= 0.6 is 11.6 Å². The molecule has 0 bridgehead atoms. The van der Waals surface area contributed by atoms with E-state index in [9.17, 15) is 9.90 Å². The third kappa shape index (κ3) is 7.20. The second-order valence-electron chi connectivity index (χ2n) is 6.59. The maximum absolute atomic E-state index is 12.0. The van der Waals surface area contributed by atoms with Gasteiger partial charge in [0.1, 0.15) is 0 Å². The van der Waals surface area contributed by atoms with Gasteiger partial charge in [-0.3, -0.25) is 4.79 Å². The Balaban J connectivity index is 2.40. The van der Waals surface area contributed by atoms with Gasteiger partial charge in [-0.2, -0.15) is 0 Å². The van der Waals surface area contributed by atoms with Gasteiger partial charge in [-0.1, -0.05) is 25.4 Å². The van der Waals surface area contributed by atoms with Gasteiger partial charge in [0.05, 0.1) is 11.8 Å². The highest BCUT2D eigenvalue weighted by Crippen LogP contribution is 2.21. The highest BCUT2D eigenvalue weighted by molar-refractivity contribution is 6.32. The molecule has 0 spiro atoms. The molecule has 0 fully saturated rings. The number of aliphatic hydroxyl groups is 1. The lowest BCUT2D eigenvalue weighted by atomic mass is 9.86. The SMILES string of the molecule is CC(O)CC(C)(C)CNC(C)CC(=O)Nc1cccnc1Cl. The first-order valence-corrected chi connectivity index (χ1v) is 7.89. The van der Waals surface area contributed by atoms with E-state index in [4.69, 9.17) is 11.6 Å². The zero-order chi connectivity index (χ0) is 16.8. The van der Waals surface area contributed by atoms with Crippen LogP contribution in [0.25, 0.3) is 0 Å². The first-order valence-electron chi connectivity index (χ1n) is 7.51. The molecule has 1 aromatic heterocycles. The van der Waals surface area contributed by atoms with Crippen molar-refractivity contribution in [1.29, 1.82) is 0 Å². The van der Waals surface area contributed by atoms with Crippen LogP contribution in [0, 0.1) is 5.41 Å². The summed E-state index contributed by atoms with van der Waals surface area (Å²) in [7, 11) is 0. The quantitative estimate of drug-likeness (QED) is 0.642. The molecule has 22 heavy (non-hydrogen) atoms. The molecular formula is C16H26ClN3O2. The van der Waals surface area contributed by atoms with Crippen molar-refractivity contribution in [1.82, 2.24) is 10.3 Å². The van der Waals surface area contributed by atoms with Gasteiger partial charge in [-0.25, -0.2) is 4.98 Å². The van der Waals surface area contributed by atoms with Gasteiger partial charge in [0.2, 0.25) is 5.91 Å². The average Bonchev–Trinajstić information content (AvgIpc) is 2.38. The van der Waals surface area contributed by atoms with Crippen molar-refractivity contribution in [2.75, 3.05) is 11.9 Å². The number of halogens is 1. The van der Waals surface area contributed by atoms with Gasteiger partial charge < -0.3 is 15.7 Å². The van der Waals surface area contributed by atoms with Gasteiger partial charge in [-0.15, -0.1) is 0 Å². The number of hydrogen-bond acceptors (Lipinski definition) is 4. The fourth-order valence-electron chi connectivity index (χ4n) is 2.35. The number of anilines is 1. The summed E-state index contributed by atoms with van der Waals surface area (Å²) >= 11 is 5.91. The van der Waals surface area contributed by atoms with Crippen molar-refractivity contribution in [3.8, 4) is 0 Å². The van der Waals surface area contributed by atoms with Crippen molar-refractivity contribution in [2.45, 2.75) is 52.7 Å². The summed E-state index contributed by atoms with van der Waals surface area (Å²) in [5, 5.41) is 15.9. The summed E-state index contributed by atoms with van der Waals surface area (Å²) in [5.74, 6) is -0.108. The minimum Gasteiger partial charge on any atom is -0.393 e. The van der Waals surface area contributed by atoms with Crippen LogP contribution in [0.3, 0.4) is 0 Å². The molecule has 0 aliphatic rings. The number of pyridine rings is 1. The number of carbonyl (C=O) groups excluding carboxylic acids is 1. The number of aliphatic hydroxyl groups excluding tert-OH is 1. The number of rotatable bonds is 8. The van der Waals surface area contributed by atoms with E-state index >= 15 is 0 Å². The Morgan fingerprint density at radius 2 is 2.14 bits per heavy atom. The molecule has 3 N–H and O–H groups in total. The van der Waals surface area contributed by atoms with E-state index in [1.165, 1.54) is 0 Å². The molecule has 0 saturated carbocycles. The van der Waals surface area contributed by atoms with Gasteiger partial charge >= 0.3 is 0 Å². The number of carbonyl (C=O) groups is 1. The number of nitrogens with one attached hydrogen (secondary N) is 2. The molecule has 0 radical (unpaired) electrons. The smallest absolute Gasteiger partial charge is 0.226 e. The van der Waals surface area contributed by atoms with E-state index in [0.717, 1.165) is 6.54 Å². The van der Waals surface area contributed by atoms with E-state index in [0.29, 0.717) is 18.5 Å². The van der Waals surface area contributed by atoms with Crippen molar-refractivity contribution >= 4 is 23.2 Å². The van der Waals surface area contributed by atoms with Gasteiger partial charge in [-0.05, 0) is 37.8 Å². The van der Waals surface area contributed by atoms with E-state index in [1.807, 2.05) is 6.92 Å². The molecule has 0 aliphatic carbocycles. The molecule has 124 valence electrons. The summed E-state index contributed by atoms with van der Waals surface area (Å²) in [4.78, 5) is 15.9. The van der Waals surface area contributed by atoms with E-state index < -0.39 is 0 Å². The Bertz CT molecular complexity index is 492. The molecule has 1 aromatic rings. The topological polar surface area (TPSA) is 74.2 Å². The summed E-state index contributed by atoms with van der Waals surface area (Å²) in [6.45, 7) is 8.67. The van der Waals surface area contributed by atoms with Crippen LogP contribution in [-0.4, -0.2) is 34.7 Å². The lowest BCUT2D eigenvalue weighted by molar-refractivity contribution is -0.116. The van der Waals surface area contributed by atoms with Crippen molar-refractivity contribution in [3.63, 3.8) is 0 Å². The average molecular weight is 328 g/mol. The largest absolute Gasteiger partial charge is 0.393 e. The predicted molar refractivity (Wildman–Crippen MR) is 90.0 cm³/mol. The number of aromatic nitrogens is 1. The molecule has 6 heteroatoms. The third-order valence-electron chi connectivity index (χ3n) is 3.30. The standard InChI is InChI=1S/C16H26ClN3O2/c1-11(19-10-16(3,4)9-12(2)21)8-14(22)20-13-6-5-7-18-15(13)17/h5-7,11-12,19,21H,8-10H2,1-4H3,(H,20,22). The Kier molecular flexibility index (Phi) is 7.26. The second-order valence-corrected chi connectivity index (χ2v) is 6.95. The maximum Gasteiger partial charge on any atom is 0.226 e. The molecule has 0 saturated heterocycles. The van der Waals surface area contributed by atoms with Gasteiger partial charge in [0.25, 0.3) is 0 Å². The summed E-state index contributed by atoms with van der Waals surface area (Å²) in [6, 6.07) is 3.47. The van der Waals surface area contributed by atoms with Crippen LogP contribution in [0.4, 0.5) is 5.69 Å². The summed E-state index contributed by atoms with van der Waals surface area (Å²) < 4.78 is 0. The summed E-state index contributed by atoms with van der Waals surface area (Å²) in [6.07, 6.45) is 2.30. The highest BCUT2D eigenvalue weighted by Gasteiger charge is 2.21. The van der Waals surface area contributed by atoms with Gasteiger partial charge in [0, 0.05) is 25.2 Å². The normalized spacial score (nSPS) is 14.5. The molecule has 2 unspecified atom stereocenters. The van der Waals surface area contributed by atoms with Crippen LogP contribution in [0.5, 0.6) is 0 Å². The van der Waals surface area contributed by atoms with E-state index in [1.54, 1.807) is 25.3 Å². The Morgan fingerprint density at radius 3 is 2.73 bits per heavy atom. The van der Waals surface area contributed by atoms with Crippen LogP contribution in [0.1, 0.15) is 40.5 Å². The highest BCUT2D eigenvalue weighted by atomic mass is 35.5. The van der Waals surface area contributed by atoms with Gasteiger partial charge in [0.15, 0.2) is 5.15 Å². The molecular weight excluding hydrogens is 302 g/mol. The Morgan fingerprint density at radius 1 is 1.45 bits per heavy atom. The number of hydrogen-bond donors (Lipinski definition) is 3. The number of nitrogens with zero attached hydrogens (tertiary/aromatic N) is 1. The zero-order valence-electron chi connectivity index (χ0n) is 13.7. The molecule has 5 nitrogen and oxygen atoms in total. The van der Waals surface area contributed by atoms with Crippen LogP contribution in [-0.2, 0) is 4.79 Å². The third-order valence-corrected chi connectivity index (χ3v) is 3.60. The predicted octanol–water partition coefficient (Wildman–Crippen LogP) is 2.84. The fourth-order valence-corrected chi connectivity index (χ4v) is 2.52. The second kappa shape index (κ2) is 8.46. The van der Waals surface area contributed by atoms with Crippen LogP contribution < -0.4 is 10.6 Å². The molecule has 1 amide bonds. The van der Waals surface area contributed by atoms with Crippen LogP contribution in [0.15, 0.2) is 18.3 Å². The lowest BCUT2D eigenvalue weighted by Gasteiger charge is -2.28. The van der Waals surface area contributed by atoms with Crippen molar-refractivity contribution in [2.24, 2.45) is 5.41 Å². The number of amides is 1. The maximum atomic E-state index is 12.0. The summed E-state index contributed by atoms with van der Waals surface area (Å²) in [5.41, 5.74) is 0.502. The Labute approximate surface area is 137 Å². The molecule has 0 aliphatic heterocycles. The van der Waals surface area contributed by atoms with Crippen molar-refractivity contribution in [3.05, 3.63) is 23.5 Å². The van der Waals surface area contributed by atoms with E-state index in [-0.39, 0.29) is 28.6 Å². The Hall–Kier alpha value is -1.17. The van der Waals surface area contributed by atoms with Crippen LogP contribution in [0.2, 0.25) is 5.15 Å². The lowest BCUT2D eigenvalue weighted by Crippen LogP contribution is -2.38. The zero-order valence-corrected chi connectivity index (χ0v) is 14.4. The molecule has 0 aromatic carbocycles. The van der Waals surface area contributed by atoms with Crippen molar-refractivity contribution < 1.29 is 9.90 Å². The molecule has 1 rings (SSSR count).